The molecule has 0 spiro atoms. The summed E-state index contributed by atoms with van der Waals surface area (Å²) in [4.78, 5) is 4.46. The predicted octanol–water partition coefficient (Wildman–Crippen LogP) is 2.03. The van der Waals surface area contributed by atoms with Crippen LogP contribution in [-0.2, 0) is 11.3 Å². The van der Waals surface area contributed by atoms with Gasteiger partial charge in [0.2, 0.25) is 0 Å². The number of nitrogens with one attached hydrogen (secondary N) is 1. The van der Waals surface area contributed by atoms with Crippen molar-refractivity contribution in [1.29, 1.82) is 0 Å². The highest BCUT2D eigenvalue weighted by molar-refractivity contribution is 5.79. The first-order valence-corrected chi connectivity index (χ1v) is 6.76. The fourth-order valence-electron chi connectivity index (χ4n) is 2.18. The zero-order chi connectivity index (χ0) is 14.6. The minimum absolute atomic E-state index is 0.0287. The number of hydrogen-bond donors (Lipinski definition) is 2. The molecule has 4 nitrogen and oxygen atoms in total. The van der Waals surface area contributed by atoms with Gasteiger partial charge >= 0.3 is 0 Å². The number of methoxy groups -OCH3 is 1. The highest BCUT2D eigenvalue weighted by atomic mass is 16.5. The average Bonchev–Trinajstić information content (AvgIpc) is 2.45. The van der Waals surface area contributed by atoms with E-state index in [1.54, 1.807) is 7.11 Å². The number of aliphatic hydroxyl groups is 1. The maximum absolute atomic E-state index is 9.44. The monoisotopic (exact) mass is 274 g/mol. The first kappa shape index (κ1) is 14.9. The first-order chi connectivity index (χ1) is 9.56. The molecule has 1 aromatic carbocycles. The van der Waals surface area contributed by atoms with Crippen LogP contribution in [0.5, 0.6) is 0 Å². The van der Waals surface area contributed by atoms with Gasteiger partial charge in [-0.05, 0) is 37.6 Å². The van der Waals surface area contributed by atoms with Crippen LogP contribution < -0.4 is 5.32 Å². The van der Waals surface area contributed by atoms with Gasteiger partial charge in [-0.1, -0.05) is 11.6 Å². The molecule has 108 valence electrons. The molecule has 0 aliphatic carbocycles. The van der Waals surface area contributed by atoms with E-state index >= 15 is 0 Å². The lowest BCUT2D eigenvalue weighted by molar-refractivity contribution is 0.0722. The molecule has 1 heterocycles. The minimum atomic E-state index is -0.434. The molecule has 2 N–H and O–H groups in total. The van der Waals surface area contributed by atoms with E-state index in [4.69, 9.17) is 4.74 Å². The van der Waals surface area contributed by atoms with E-state index < -0.39 is 5.54 Å². The summed E-state index contributed by atoms with van der Waals surface area (Å²) >= 11 is 0. The van der Waals surface area contributed by atoms with Crippen molar-refractivity contribution in [3.05, 3.63) is 41.6 Å². The van der Waals surface area contributed by atoms with Gasteiger partial charge in [0.05, 0.1) is 24.3 Å². The van der Waals surface area contributed by atoms with E-state index in [-0.39, 0.29) is 6.61 Å². The van der Waals surface area contributed by atoms with E-state index in [1.807, 2.05) is 19.2 Å². The molecule has 0 aliphatic heterocycles. The Morgan fingerprint density at radius 1 is 1.35 bits per heavy atom. The Morgan fingerprint density at radius 3 is 2.85 bits per heavy atom. The summed E-state index contributed by atoms with van der Waals surface area (Å²) in [6.45, 7) is 5.16. The van der Waals surface area contributed by atoms with Crippen molar-refractivity contribution < 1.29 is 9.84 Å². The lowest BCUT2D eigenvalue weighted by Crippen LogP contribution is -2.49. The maximum atomic E-state index is 9.44. The highest BCUT2D eigenvalue weighted by Crippen LogP contribution is 2.15. The van der Waals surface area contributed by atoms with Crippen LogP contribution in [0.15, 0.2) is 30.5 Å². The summed E-state index contributed by atoms with van der Waals surface area (Å²) in [6, 6.07) is 8.36. The fraction of sp³-hybridized carbons (Fsp3) is 0.438. The third-order valence-electron chi connectivity index (χ3n) is 3.42. The van der Waals surface area contributed by atoms with Crippen LogP contribution in [0.25, 0.3) is 10.9 Å². The van der Waals surface area contributed by atoms with Crippen LogP contribution in [-0.4, -0.2) is 36.0 Å². The van der Waals surface area contributed by atoms with Gasteiger partial charge in [0.15, 0.2) is 0 Å². The Kier molecular flexibility index (Phi) is 4.70. The largest absolute Gasteiger partial charge is 0.394 e. The van der Waals surface area contributed by atoms with E-state index in [2.05, 4.69) is 35.4 Å². The summed E-state index contributed by atoms with van der Waals surface area (Å²) < 4.78 is 5.13. The fourth-order valence-corrected chi connectivity index (χ4v) is 2.18. The van der Waals surface area contributed by atoms with Crippen molar-refractivity contribution in [2.75, 3.05) is 20.3 Å². The number of aryl methyl sites for hydroxylation is 1. The number of hydrogen-bond acceptors (Lipinski definition) is 4. The number of aromatic nitrogens is 1. The number of fused-ring (bicyclic) bond motifs is 1. The predicted molar refractivity (Wildman–Crippen MR) is 80.7 cm³/mol. The van der Waals surface area contributed by atoms with E-state index in [9.17, 15) is 5.11 Å². The van der Waals surface area contributed by atoms with E-state index in [1.165, 1.54) is 5.56 Å². The quantitative estimate of drug-likeness (QED) is 0.846. The molecule has 4 heteroatoms. The normalized spacial score (nSPS) is 14.4. The van der Waals surface area contributed by atoms with Crippen LogP contribution >= 0.6 is 0 Å². The van der Waals surface area contributed by atoms with Gasteiger partial charge in [0.25, 0.3) is 0 Å². The van der Waals surface area contributed by atoms with Gasteiger partial charge in [-0.15, -0.1) is 0 Å². The Balaban J connectivity index is 2.13. The molecule has 0 amide bonds. The molecule has 1 aromatic heterocycles. The first-order valence-electron chi connectivity index (χ1n) is 6.76. The zero-order valence-electron chi connectivity index (χ0n) is 12.3. The van der Waals surface area contributed by atoms with Crippen LogP contribution in [0.1, 0.15) is 18.1 Å². The standard InChI is InChI=1S/C16H22N2O2/c1-12-4-5-15-14(6-12)7-13(8-17-15)9-18-16(2,10-19)11-20-3/h4-8,18-19H,9-11H2,1-3H3. The van der Waals surface area contributed by atoms with Crippen LogP contribution in [0.2, 0.25) is 0 Å². The molecule has 0 radical (unpaired) electrons. The molecule has 2 aromatic rings. The van der Waals surface area contributed by atoms with Gasteiger partial charge in [-0.3, -0.25) is 4.98 Å². The summed E-state index contributed by atoms with van der Waals surface area (Å²) in [5.74, 6) is 0. The number of ether oxygens (including phenoxy) is 1. The SMILES string of the molecule is COCC(C)(CO)NCc1cnc2ccc(C)cc2c1. The van der Waals surface area contributed by atoms with E-state index in [0.717, 1.165) is 16.5 Å². The van der Waals surface area contributed by atoms with Gasteiger partial charge < -0.3 is 15.2 Å². The number of nitrogens with zero attached hydrogens (tertiary/aromatic N) is 1. The molecule has 0 bridgehead atoms. The smallest absolute Gasteiger partial charge is 0.0702 e. The third kappa shape index (κ3) is 3.54. The molecule has 0 fully saturated rings. The molecular weight excluding hydrogens is 252 g/mol. The van der Waals surface area contributed by atoms with Crippen LogP contribution in [0, 0.1) is 6.92 Å². The Morgan fingerprint density at radius 2 is 2.15 bits per heavy atom. The Hall–Kier alpha value is -1.49. The number of pyridine rings is 1. The molecular formula is C16H22N2O2. The van der Waals surface area contributed by atoms with Gasteiger partial charge in [0, 0.05) is 25.2 Å². The lowest BCUT2D eigenvalue weighted by atomic mass is 10.0. The molecule has 0 saturated carbocycles. The topological polar surface area (TPSA) is 54.4 Å². The lowest BCUT2D eigenvalue weighted by Gasteiger charge is -2.28. The molecule has 0 saturated heterocycles. The van der Waals surface area contributed by atoms with Crippen molar-refractivity contribution in [3.8, 4) is 0 Å². The van der Waals surface area contributed by atoms with Crippen molar-refractivity contribution in [3.63, 3.8) is 0 Å². The minimum Gasteiger partial charge on any atom is -0.394 e. The van der Waals surface area contributed by atoms with Crippen molar-refractivity contribution >= 4 is 10.9 Å². The van der Waals surface area contributed by atoms with Gasteiger partial charge in [0.1, 0.15) is 0 Å². The second-order valence-corrected chi connectivity index (χ2v) is 5.55. The summed E-state index contributed by atoms with van der Waals surface area (Å²) in [6.07, 6.45) is 1.87. The zero-order valence-corrected chi connectivity index (χ0v) is 12.3. The summed E-state index contributed by atoms with van der Waals surface area (Å²) in [7, 11) is 1.63. The number of benzene rings is 1. The summed E-state index contributed by atoms with van der Waals surface area (Å²) in [5, 5.41) is 13.9. The highest BCUT2D eigenvalue weighted by Gasteiger charge is 2.22. The molecule has 2 rings (SSSR count). The Bertz CT molecular complexity index is 586. The molecule has 0 aliphatic rings. The number of rotatable bonds is 6. The molecule has 20 heavy (non-hydrogen) atoms. The van der Waals surface area contributed by atoms with Crippen molar-refractivity contribution in [2.45, 2.75) is 25.9 Å². The van der Waals surface area contributed by atoms with Crippen molar-refractivity contribution in [1.82, 2.24) is 10.3 Å². The second-order valence-electron chi connectivity index (χ2n) is 5.55. The average molecular weight is 274 g/mol. The third-order valence-corrected chi connectivity index (χ3v) is 3.42. The van der Waals surface area contributed by atoms with Gasteiger partial charge in [-0.25, -0.2) is 0 Å². The second kappa shape index (κ2) is 6.31. The van der Waals surface area contributed by atoms with Crippen LogP contribution in [0.4, 0.5) is 0 Å². The maximum Gasteiger partial charge on any atom is 0.0702 e. The van der Waals surface area contributed by atoms with Crippen molar-refractivity contribution in [2.24, 2.45) is 0 Å². The summed E-state index contributed by atoms with van der Waals surface area (Å²) in [5.41, 5.74) is 2.89. The Labute approximate surface area is 119 Å². The molecule has 1 unspecified atom stereocenters. The van der Waals surface area contributed by atoms with Gasteiger partial charge in [-0.2, -0.15) is 0 Å². The number of aliphatic hydroxyl groups excluding tert-OH is 1. The van der Waals surface area contributed by atoms with Crippen LogP contribution in [0.3, 0.4) is 0 Å². The van der Waals surface area contributed by atoms with E-state index in [0.29, 0.717) is 13.2 Å². The molecule has 1 atom stereocenters.